The second kappa shape index (κ2) is 9.57. The summed E-state index contributed by atoms with van der Waals surface area (Å²) >= 11 is 0. The third-order valence-corrected chi connectivity index (χ3v) is 5.77. The van der Waals surface area contributed by atoms with Crippen molar-refractivity contribution in [2.75, 3.05) is 0 Å². The van der Waals surface area contributed by atoms with Gasteiger partial charge in [-0.2, -0.15) is 0 Å². The second-order valence-electron chi connectivity index (χ2n) is 7.91. The fraction of sp³-hybridized carbons (Fsp3) is 0.214. The second-order valence-corrected chi connectivity index (χ2v) is 7.91. The van der Waals surface area contributed by atoms with E-state index in [9.17, 15) is 9.59 Å². The van der Waals surface area contributed by atoms with Gasteiger partial charge >= 0.3 is 0 Å². The van der Waals surface area contributed by atoms with Gasteiger partial charge in [0.25, 0.3) is 0 Å². The zero-order valence-electron chi connectivity index (χ0n) is 17.9. The Morgan fingerprint density at radius 1 is 0.806 bits per heavy atom. The molecule has 31 heavy (non-hydrogen) atoms. The molecule has 0 saturated carbocycles. The smallest absolute Gasteiger partial charge is 0.230 e. The molecule has 3 nitrogen and oxygen atoms in total. The fourth-order valence-electron chi connectivity index (χ4n) is 4.17. The van der Waals surface area contributed by atoms with Crippen molar-refractivity contribution < 1.29 is 9.59 Å². The van der Waals surface area contributed by atoms with Gasteiger partial charge < -0.3 is 4.57 Å². The SMILES string of the molecule is CCc1cccc2c(C(=O)C(=O)CCCc3ccccc3)cn(Cc3ccccc3)c12. The van der Waals surface area contributed by atoms with Crippen molar-refractivity contribution in [1.82, 2.24) is 4.57 Å². The first-order valence-electron chi connectivity index (χ1n) is 10.9. The zero-order valence-corrected chi connectivity index (χ0v) is 17.9. The highest BCUT2D eigenvalue weighted by molar-refractivity contribution is 6.45. The molecular weight excluding hydrogens is 382 g/mol. The number of para-hydroxylation sites is 1. The van der Waals surface area contributed by atoms with Gasteiger partial charge in [0, 0.05) is 24.5 Å². The van der Waals surface area contributed by atoms with Gasteiger partial charge in [-0.25, -0.2) is 0 Å². The van der Waals surface area contributed by atoms with E-state index < -0.39 is 0 Å². The number of aromatic nitrogens is 1. The topological polar surface area (TPSA) is 39.1 Å². The van der Waals surface area contributed by atoms with Crippen molar-refractivity contribution >= 4 is 22.5 Å². The van der Waals surface area contributed by atoms with E-state index in [1.165, 1.54) is 16.7 Å². The molecule has 4 aromatic rings. The molecule has 0 spiro atoms. The molecule has 4 rings (SSSR count). The lowest BCUT2D eigenvalue weighted by Crippen LogP contribution is -2.14. The third-order valence-electron chi connectivity index (χ3n) is 5.77. The van der Waals surface area contributed by atoms with Crippen molar-refractivity contribution in [3.63, 3.8) is 0 Å². The largest absolute Gasteiger partial charge is 0.342 e. The lowest BCUT2D eigenvalue weighted by molar-refractivity contribution is -0.115. The average molecular weight is 410 g/mol. The van der Waals surface area contributed by atoms with Gasteiger partial charge in [0.2, 0.25) is 11.6 Å². The molecule has 0 aliphatic carbocycles. The maximum atomic E-state index is 13.1. The number of Topliss-reactive ketones (excluding diaryl/α,β-unsaturated/α-hetero) is 2. The lowest BCUT2D eigenvalue weighted by atomic mass is 10.00. The van der Waals surface area contributed by atoms with E-state index in [1.807, 2.05) is 54.7 Å². The van der Waals surface area contributed by atoms with E-state index in [0.29, 0.717) is 18.5 Å². The predicted octanol–water partition coefficient (Wildman–Crippen LogP) is 6.03. The molecule has 1 aromatic heterocycles. The standard InChI is InChI=1S/C28H27NO2/c1-2-23-16-10-17-24-25(20-29(27(23)24)19-22-13-7-4-8-14-22)28(31)26(30)18-9-15-21-11-5-3-6-12-21/h3-8,10-14,16-17,20H,2,9,15,18-19H2,1H3. The van der Waals surface area contributed by atoms with E-state index >= 15 is 0 Å². The molecule has 156 valence electrons. The quantitative estimate of drug-likeness (QED) is 0.250. The molecule has 0 fully saturated rings. The van der Waals surface area contributed by atoms with Crippen molar-refractivity contribution in [2.24, 2.45) is 0 Å². The van der Waals surface area contributed by atoms with Gasteiger partial charge in [-0.05, 0) is 36.0 Å². The first kappa shape index (κ1) is 20.8. The van der Waals surface area contributed by atoms with Crippen LogP contribution >= 0.6 is 0 Å². The van der Waals surface area contributed by atoms with Gasteiger partial charge in [-0.3, -0.25) is 9.59 Å². The summed E-state index contributed by atoms with van der Waals surface area (Å²) in [6.07, 6.45) is 4.49. The Bertz CT molecular complexity index is 1190. The van der Waals surface area contributed by atoms with Crippen molar-refractivity contribution in [3.05, 3.63) is 107 Å². The Hall–Kier alpha value is -3.46. The van der Waals surface area contributed by atoms with Crippen LogP contribution in [0.1, 0.15) is 46.8 Å². The monoisotopic (exact) mass is 409 g/mol. The number of fused-ring (bicyclic) bond motifs is 1. The molecule has 0 unspecified atom stereocenters. The van der Waals surface area contributed by atoms with Crippen molar-refractivity contribution in [1.29, 1.82) is 0 Å². The Labute approximate surface area is 183 Å². The van der Waals surface area contributed by atoms with E-state index in [2.05, 4.69) is 41.8 Å². The molecule has 0 aliphatic heterocycles. The Balaban J connectivity index is 1.59. The highest BCUT2D eigenvalue weighted by atomic mass is 16.2. The summed E-state index contributed by atoms with van der Waals surface area (Å²) in [5.41, 5.74) is 5.11. The van der Waals surface area contributed by atoms with Crippen LogP contribution in [0, 0.1) is 0 Å². The Morgan fingerprint density at radius 3 is 2.16 bits per heavy atom. The van der Waals surface area contributed by atoms with Crippen LogP contribution in [-0.4, -0.2) is 16.1 Å². The maximum Gasteiger partial charge on any atom is 0.230 e. The van der Waals surface area contributed by atoms with Crippen LogP contribution in [0.2, 0.25) is 0 Å². The number of carbonyl (C=O) groups is 2. The Morgan fingerprint density at radius 2 is 1.48 bits per heavy atom. The van der Waals surface area contributed by atoms with Gasteiger partial charge in [-0.1, -0.05) is 85.8 Å². The molecule has 0 atom stereocenters. The number of hydrogen-bond donors (Lipinski definition) is 0. The minimum absolute atomic E-state index is 0.270. The van der Waals surface area contributed by atoms with Crippen molar-refractivity contribution in [2.45, 2.75) is 39.2 Å². The summed E-state index contributed by atoms with van der Waals surface area (Å²) < 4.78 is 2.12. The molecule has 0 saturated heterocycles. The summed E-state index contributed by atoms with van der Waals surface area (Å²) in [6.45, 7) is 2.79. The van der Waals surface area contributed by atoms with Gasteiger partial charge in [0.15, 0.2) is 0 Å². The molecule has 0 amide bonds. The minimum Gasteiger partial charge on any atom is -0.342 e. The molecule has 0 radical (unpaired) electrons. The number of benzene rings is 3. The highest BCUT2D eigenvalue weighted by Gasteiger charge is 2.22. The van der Waals surface area contributed by atoms with Crippen LogP contribution in [-0.2, 0) is 24.2 Å². The average Bonchev–Trinajstić information content (AvgIpc) is 3.18. The molecule has 1 heterocycles. The molecule has 3 heteroatoms. The van der Waals surface area contributed by atoms with E-state index in [1.54, 1.807) is 0 Å². The minimum atomic E-state index is -0.377. The summed E-state index contributed by atoms with van der Waals surface area (Å²) in [5, 5.41) is 0.872. The van der Waals surface area contributed by atoms with Crippen molar-refractivity contribution in [3.8, 4) is 0 Å². The van der Waals surface area contributed by atoms with Crippen LogP contribution in [0.5, 0.6) is 0 Å². The molecule has 0 aliphatic rings. The predicted molar refractivity (Wildman–Crippen MR) is 126 cm³/mol. The Kier molecular flexibility index (Phi) is 6.42. The van der Waals surface area contributed by atoms with Crippen LogP contribution in [0.25, 0.3) is 10.9 Å². The number of carbonyl (C=O) groups excluding carboxylic acids is 2. The number of ketones is 2. The number of nitrogens with zero attached hydrogens (tertiary/aromatic N) is 1. The molecular formula is C28H27NO2. The molecule has 3 aromatic carbocycles. The zero-order chi connectivity index (χ0) is 21.6. The lowest BCUT2D eigenvalue weighted by Gasteiger charge is -2.08. The first-order valence-corrected chi connectivity index (χ1v) is 10.9. The molecule has 0 bridgehead atoms. The first-order chi connectivity index (χ1) is 15.2. The van der Waals surface area contributed by atoms with Crippen LogP contribution in [0.15, 0.2) is 85.1 Å². The fourth-order valence-corrected chi connectivity index (χ4v) is 4.17. The highest BCUT2D eigenvalue weighted by Crippen LogP contribution is 2.27. The van der Waals surface area contributed by atoms with E-state index in [0.717, 1.165) is 23.7 Å². The van der Waals surface area contributed by atoms with Crippen LogP contribution < -0.4 is 0 Å². The van der Waals surface area contributed by atoms with Gasteiger partial charge in [0.05, 0.1) is 11.1 Å². The number of rotatable bonds is 9. The normalized spacial score (nSPS) is 11.0. The van der Waals surface area contributed by atoms with Crippen LogP contribution in [0.4, 0.5) is 0 Å². The summed E-state index contributed by atoms with van der Waals surface area (Å²) in [5.74, 6) is -0.685. The van der Waals surface area contributed by atoms with Gasteiger partial charge in [-0.15, -0.1) is 0 Å². The van der Waals surface area contributed by atoms with E-state index in [-0.39, 0.29) is 18.0 Å². The van der Waals surface area contributed by atoms with Crippen LogP contribution in [0.3, 0.4) is 0 Å². The number of hydrogen-bond acceptors (Lipinski definition) is 2. The van der Waals surface area contributed by atoms with Gasteiger partial charge in [0.1, 0.15) is 0 Å². The molecule has 0 N–H and O–H groups in total. The maximum absolute atomic E-state index is 13.1. The van der Waals surface area contributed by atoms with E-state index in [4.69, 9.17) is 0 Å². The third kappa shape index (κ3) is 4.66. The number of aryl methyl sites for hydroxylation is 2. The summed E-state index contributed by atoms with van der Waals surface area (Å²) in [6, 6.07) is 26.3. The summed E-state index contributed by atoms with van der Waals surface area (Å²) in [7, 11) is 0. The summed E-state index contributed by atoms with van der Waals surface area (Å²) in [4.78, 5) is 25.8.